The summed E-state index contributed by atoms with van der Waals surface area (Å²) in [7, 11) is -2.63. The summed E-state index contributed by atoms with van der Waals surface area (Å²) in [6.07, 6.45) is 3.51. The van der Waals surface area contributed by atoms with E-state index in [4.69, 9.17) is 0 Å². The molecule has 2 aliphatic heterocycles. The summed E-state index contributed by atoms with van der Waals surface area (Å²) in [5.74, 6) is -0.569. The van der Waals surface area contributed by atoms with Crippen molar-refractivity contribution in [3.05, 3.63) is 23.8 Å². The van der Waals surface area contributed by atoms with Crippen molar-refractivity contribution < 1.29 is 22.7 Å². The van der Waals surface area contributed by atoms with Crippen molar-refractivity contribution in [3.63, 3.8) is 0 Å². The zero-order valence-corrected chi connectivity index (χ0v) is 15.5. The first-order chi connectivity index (χ1) is 12.3. The first-order valence-electron chi connectivity index (χ1n) is 8.47. The van der Waals surface area contributed by atoms with Gasteiger partial charge in [0.2, 0.25) is 0 Å². The van der Waals surface area contributed by atoms with E-state index in [-0.39, 0.29) is 10.5 Å². The number of amides is 1. The Morgan fingerprint density at radius 2 is 2.04 bits per heavy atom. The molecule has 140 valence electrons. The largest absolute Gasteiger partial charge is 0.467 e. The molecule has 1 amide bonds. The number of benzene rings is 1. The molecule has 2 aliphatic rings. The molecule has 2 heterocycles. The van der Waals surface area contributed by atoms with Gasteiger partial charge in [0.1, 0.15) is 16.8 Å². The van der Waals surface area contributed by atoms with Crippen molar-refractivity contribution in [2.45, 2.75) is 43.5 Å². The van der Waals surface area contributed by atoms with Gasteiger partial charge in [-0.05, 0) is 38.0 Å². The number of nitrogens with one attached hydrogen (secondary N) is 1. The van der Waals surface area contributed by atoms with E-state index in [1.165, 1.54) is 20.1 Å². The van der Waals surface area contributed by atoms with Gasteiger partial charge < -0.3 is 15.0 Å². The lowest BCUT2D eigenvalue weighted by molar-refractivity contribution is -0.142. The number of hydrogen-bond donors (Lipinski definition) is 1. The van der Waals surface area contributed by atoms with Crippen molar-refractivity contribution in [2.24, 2.45) is 4.40 Å². The number of amidine groups is 1. The van der Waals surface area contributed by atoms with E-state index in [0.717, 1.165) is 19.3 Å². The van der Waals surface area contributed by atoms with Gasteiger partial charge in [-0.1, -0.05) is 6.42 Å². The maximum Gasteiger partial charge on any atom is 0.328 e. The van der Waals surface area contributed by atoms with E-state index in [2.05, 4.69) is 14.5 Å². The van der Waals surface area contributed by atoms with Crippen LogP contribution >= 0.6 is 0 Å². The van der Waals surface area contributed by atoms with E-state index in [1.807, 2.05) is 4.90 Å². The van der Waals surface area contributed by atoms with Crippen molar-refractivity contribution in [3.8, 4) is 0 Å². The molecule has 1 aromatic carbocycles. The second-order valence-corrected chi connectivity index (χ2v) is 7.92. The predicted molar refractivity (Wildman–Crippen MR) is 95.8 cm³/mol. The number of rotatable bonds is 3. The van der Waals surface area contributed by atoms with Gasteiger partial charge in [0.05, 0.1) is 12.8 Å². The number of carbonyl (C=O) groups is 2. The van der Waals surface area contributed by atoms with Gasteiger partial charge in [-0.25, -0.2) is 4.79 Å². The molecule has 1 N–H and O–H groups in total. The van der Waals surface area contributed by atoms with Crippen LogP contribution in [0.4, 0.5) is 5.69 Å². The standard InChI is InChI=1S/C17H21N3O5S/c1-11(17(22)25-2)18-16(21)12-7-8-13-14(10-12)26(23,24)19-15-6-4-3-5-9-20(13)15/h7-8,10-11H,3-6,9H2,1-2H3,(H,18,21). The van der Waals surface area contributed by atoms with Crippen molar-refractivity contribution >= 4 is 33.4 Å². The smallest absolute Gasteiger partial charge is 0.328 e. The van der Waals surface area contributed by atoms with Crippen LogP contribution in [0.1, 0.15) is 43.0 Å². The van der Waals surface area contributed by atoms with Crippen LogP contribution in [-0.2, 0) is 19.6 Å². The highest BCUT2D eigenvalue weighted by atomic mass is 32.2. The lowest BCUT2D eigenvalue weighted by atomic mass is 10.1. The predicted octanol–water partition coefficient (Wildman–Crippen LogP) is 1.46. The Balaban J connectivity index is 1.94. The summed E-state index contributed by atoms with van der Waals surface area (Å²) in [4.78, 5) is 25.7. The molecule has 0 radical (unpaired) electrons. The zero-order valence-electron chi connectivity index (χ0n) is 14.7. The van der Waals surface area contributed by atoms with E-state index in [0.29, 0.717) is 24.5 Å². The van der Waals surface area contributed by atoms with Crippen LogP contribution < -0.4 is 10.2 Å². The molecule has 1 aromatic rings. The Kier molecular flexibility index (Phi) is 4.99. The van der Waals surface area contributed by atoms with Gasteiger partial charge in [-0.3, -0.25) is 4.79 Å². The highest BCUT2D eigenvalue weighted by molar-refractivity contribution is 7.90. The van der Waals surface area contributed by atoms with Crippen LogP contribution in [0.15, 0.2) is 27.5 Å². The Morgan fingerprint density at radius 3 is 2.77 bits per heavy atom. The minimum atomic E-state index is -3.86. The molecule has 1 atom stereocenters. The maximum absolute atomic E-state index is 12.6. The molecule has 0 saturated carbocycles. The molecule has 3 rings (SSSR count). The fraction of sp³-hybridized carbons (Fsp3) is 0.471. The summed E-state index contributed by atoms with van der Waals surface area (Å²) < 4.78 is 33.7. The lowest BCUT2D eigenvalue weighted by Gasteiger charge is -2.29. The number of carbonyl (C=O) groups excluding carboxylic acids is 2. The van der Waals surface area contributed by atoms with E-state index in [9.17, 15) is 18.0 Å². The topological polar surface area (TPSA) is 105 Å². The Hall–Kier alpha value is -2.42. The zero-order chi connectivity index (χ0) is 18.9. The Bertz CT molecular complexity index is 878. The fourth-order valence-electron chi connectivity index (χ4n) is 3.14. The Labute approximate surface area is 152 Å². The third-order valence-electron chi connectivity index (χ3n) is 4.51. The van der Waals surface area contributed by atoms with Gasteiger partial charge in [0.25, 0.3) is 15.9 Å². The van der Waals surface area contributed by atoms with Gasteiger partial charge >= 0.3 is 5.97 Å². The monoisotopic (exact) mass is 379 g/mol. The number of esters is 1. The molecule has 26 heavy (non-hydrogen) atoms. The number of fused-ring (bicyclic) bond motifs is 3. The van der Waals surface area contributed by atoms with Gasteiger partial charge in [0, 0.05) is 18.5 Å². The Morgan fingerprint density at radius 1 is 1.27 bits per heavy atom. The highest BCUT2D eigenvalue weighted by Crippen LogP contribution is 2.34. The van der Waals surface area contributed by atoms with Crippen LogP contribution in [0, 0.1) is 0 Å². The second kappa shape index (κ2) is 7.06. The first-order valence-corrected chi connectivity index (χ1v) is 9.91. The molecular formula is C17H21N3O5S. The van der Waals surface area contributed by atoms with Crippen molar-refractivity contribution in [2.75, 3.05) is 18.6 Å². The van der Waals surface area contributed by atoms with Crippen molar-refractivity contribution in [1.29, 1.82) is 0 Å². The third kappa shape index (κ3) is 3.44. The quantitative estimate of drug-likeness (QED) is 0.797. The van der Waals surface area contributed by atoms with E-state index in [1.54, 1.807) is 12.1 Å². The molecule has 0 bridgehead atoms. The average Bonchev–Trinajstić information content (AvgIpc) is 2.85. The minimum absolute atomic E-state index is 0.0153. The molecule has 0 aromatic heterocycles. The molecule has 9 heteroatoms. The molecule has 1 unspecified atom stereocenters. The number of methoxy groups -OCH3 is 1. The summed E-state index contributed by atoms with van der Waals surface area (Å²) in [6.45, 7) is 2.19. The van der Waals surface area contributed by atoms with Gasteiger partial charge in [-0.2, -0.15) is 8.42 Å². The molecular weight excluding hydrogens is 358 g/mol. The summed E-state index contributed by atoms with van der Waals surface area (Å²) >= 11 is 0. The van der Waals surface area contributed by atoms with Gasteiger partial charge in [-0.15, -0.1) is 4.40 Å². The van der Waals surface area contributed by atoms with Crippen LogP contribution in [0.5, 0.6) is 0 Å². The summed E-state index contributed by atoms with van der Waals surface area (Å²) in [5.41, 5.74) is 0.700. The molecule has 8 nitrogen and oxygen atoms in total. The van der Waals surface area contributed by atoms with Crippen molar-refractivity contribution in [1.82, 2.24) is 5.32 Å². The summed E-state index contributed by atoms with van der Waals surface area (Å²) in [5, 5.41) is 2.49. The number of anilines is 1. The van der Waals surface area contributed by atoms with Crippen LogP contribution in [-0.4, -0.2) is 45.8 Å². The number of ether oxygens (including phenoxy) is 1. The first kappa shape index (κ1) is 18.4. The van der Waals surface area contributed by atoms with Crippen LogP contribution in [0.2, 0.25) is 0 Å². The third-order valence-corrected chi connectivity index (χ3v) is 5.85. The normalized spacial score (nSPS) is 19.3. The average molecular weight is 379 g/mol. The number of sulfonamides is 1. The fourth-order valence-corrected chi connectivity index (χ4v) is 4.42. The molecule has 0 aliphatic carbocycles. The highest BCUT2D eigenvalue weighted by Gasteiger charge is 2.32. The number of nitrogens with zero attached hydrogens (tertiary/aromatic N) is 2. The van der Waals surface area contributed by atoms with Crippen LogP contribution in [0.25, 0.3) is 0 Å². The van der Waals surface area contributed by atoms with E-state index < -0.39 is 27.9 Å². The van der Waals surface area contributed by atoms with Crippen LogP contribution in [0.3, 0.4) is 0 Å². The van der Waals surface area contributed by atoms with Gasteiger partial charge in [0.15, 0.2) is 0 Å². The molecule has 1 fully saturated rings. The summed E-state index contributed by atoms with van der Waals surface area (Å²) in [6, 6.07) is 3.66. The molecule has 1 saturated heterocycles. The molecule has 0 spiro atoms. The second-order valence-electron chi connectivity index (χ2n) is 6.35. The SMILES string of the molecule is COC(=O)C(C)NC(=O)c1ccc2c(c1)S(=O)(=O)N=C1CCCCCN12. The lowest BCUT2D eigenvalue weighted by Crippen LogP contribution is -2.39. The maximum atomic E-state index is 12.6. The minimum Gasteiger partial charge on any atom is -0.467 e. The van der Waals surface area contributed by atoms with E-state index >= 15 is 0 Å². The number of hydrogen-bond acceptors (Lipinski definition) is 6.